The Labute approximate surface area is 289 Å². The molecule has 1 N–H and O–H groups in total. The van der Waals surface area contributed by atoms with Gasteiger partial charge in [-0.25, -0.2) is 0 Å². The van der Waals surface area contributed by atoms with E-state index in [1.54, 1.807) is 0 Å². The van der Waals surface area contributed by atoms with E-state index in [1.807, 2.05) is 0 Å². The van der Waals surface area contributed by atoms with Crippen molar-refractivity contribution in [3.8, 4) is 0 Å². The van der Waals surface area contributed by atoms with Gasteiger partial charge >= 0.3 is 20.2 Å². The molecule has 0 saturated heterocycles. The first kappa shape index (κ1) is 46.0. The first-order valence-electron chi connectivity index (χ1n) is 18.2. The molecule has 9 heteroatoms. The summed E-state index contributed by atoms with van der Waals surface area (Å²) in [5.74, 6) is -0.723. The van der Waals surface area contributed by atoms with Crippen molar-refractivity contribution in [1.29, 1.82) is 0 Å². The van der Waals surface area contributed by atoms with Gasteiger partial charge in [0.15, 0.2) is 6.10 Å². The van der Waals surface area contributed by atoms with Crippen LogP contribution in [0.4, 0.5) is 0 Å². The molecule has 0 rings (SSSR count). The molecule has 0 spiro atoms. The molecule has 0 amide bonds. The molecule has 0 aliphatic rings. The molecular formula is C35H69O7PSn. The summed E-state index contributed by atoms with van der Waals surface area (Å²) in [6.07, 6.45) is 31.9. The molecule has 1 unspecified atom stereocenters. The van der Waals surface area contributed by atoms with E-state index in [-0.39, 0.29) is 55.5 Å². The minimum Gasteiger partial charge on any atom is -0.462 e. The van der Waals surface area contributed by atoms with Crippen molar-refractivity contribution in [2.45, 2.75) is 200 Å². The molecule has 4 radical (unpaired) electrons. The van der Waals surface area contributed by atoms with Gasteiger partial charge in [-0.3, -0.25) is 14.2 Å². The van der Waals surface area contributed by atoms with Gasteiger partial charge in [0.25, 0.3) is 0 Å². The zero-order chi connectivity index (χ0) is 31.6. The second-order valence-electron chi connectivity index (χ2n) is 12.4. The molecule has 0 fully saturated rings. The number of unbranched alkanes of at least 4 members (excludes halogenated alkanes) is 24. The van der Waals surface area contributed by atoms with Gasteiger partial charge in [0.1, 0.15) is 6.61 Å². The van der Waals surface area contributed by atoms with Crippen LogP contribution >= 0.6 is 8.25 Å². The number of ether oxygens (including phenoxy) is 2. The Morgan fingerprint density at radius 3 is 1.18 bits per heavy atom. The van der Waals surface area contributed by atoms with Crippen LogP contribution in [-0.4, -0.2) is 60.1 Å². The van der Waals surface area contributed by atoms with Gasteiger partial charge in [0, 0.05) is 36.7 Å². The van der Waals surface area contributed by atoms with Crippen molar-refractivity contribution < 1.29 is 33.0 Å². The maximum absolute atomic E-state index is 12.3. The number of carbonyl (C=O) groups is 2. The summed E-state index contributed by atoms with van der Waals surface area (Å²) in [6, 6.07) is 0. The third kappa shape index (κ3) is 36.4. The minimum atomic E-state index is -3.16. The Morgan fingerprint density at radius 2 is 0.841 bits per heavy atom. The number of esters is 2. The van der Waals surface area contributed by atoms with E-state index < -0.39 is 14.4 Å². The van der Waals surface area contributed by atoms with Gasteiger partial charge < -0.3 is 18.9 Å². The van der Waals surface area contributed by atoms with Gasteiger partial charge in [0.2, 0.25) is 0 Å². The van der Waals surface area contributed by atoms with E-state index in [0.29, 0.717) is 6.42 Å². The maximum atomic E-state index is 12.3. The molecule has 0 heterocycles. The normalized spacial score (nSPS) is 12.4. The van der Waals surface area contributed by atoms with Crippen molar-refractivity contribution >= 4 is 44.1 Å². The van der Waals surface area contributed by atoms with Crippen LogP contribution in [0.2, 0.25) is 0 Å². The second kappa shape index (κ2) is 37.3. The summed E-state index contributed by atoms with van der Waals surface area (Å²) in [4.78, 5) is 33.5. The Hall–Kier alpha value is -0.111. The summed E-state index contributed by atoms with van der Waals surface area (Å²) in [5.41, 5.74) is 0. The molecule has 0 saturated carbocycles. The van der Waals surface area contributed by atoms with E-state index in [2.05, 4.69) is 13.8 Å². The van der Waals surface area contributed by atoms with Gasteiger partial charge in [0.05, 0.1) is 6.61 Å². The fourth-order valence-corrected chi connectivity index (χ4v) is 5.69. The molecule has 7 nitrogen and oxygen atoms in total. The fourth-order valence-electron chi connectivity index (χ4n) is 5.36. The smallest absolute Gasteiger partial charge is 0.316 e. The van der Waals surface area contributed by atoms with Crippen LogP contribution in [-0.2, 0) is 28.2 Å². The number of hydrogen-bond acceptors (Lipinski definition) is 6. The molecule has 2 atom stereocenters. The van der Waals surface area contributed by atoms with Gasteiger partial charge in [-0.1, -0.05) is 168 Å². The van der Waals surface area contributed by atoms with Crippen molar-refractivity contribution in [3.63, 3.8) is 0 Å². The van der Waals surface area contributed by atoms with E-state index >= 15 is 0 Å². The SMILES string of the molecule is CCCCCCCCCCCCCCCC(=O)OC[C@H](CO[PH](=O)O)OC(=O)CCCCCCCCCCCCCCC.[Sn]. The molecule has 0 aromatic rings. The van der Waals surface area contributed by atoms with E-state index in [1.165, 1.54) is 128 Å². The monoisotopic (exact) mass is 752 g/mol. The quantitative estimate of drug-likeness (QED) is 0.0302. The van der Waals surface area contributed by atoms with Crippen LogP contribution in [0, 0.1) is 0 Å². The Bertz CT molecular complexity index is 651. The summed E-state index contributed by atoms with van der Waals surface area (Å²) in [7, 11) is -3.16. The van der Waals surface area contributed by atoms with Crippen molar-refractivity contribution in [2.24, 2.45) is 0 Å². The average molecular weight is 752 g/mol. The van der Waals surface area contributed by atoms with Crippen LogP contribution in [0.5, 0.6) is 0 Å². The number of carbonyl (C=O) groups excluding carboxylic acids is 2. The van der Waals surface area contributed by atoms with Gasteiger partial charge in [-0.2, -0.15) is 0 Å². The third-order valence-corrected chi connectivity index (χ3v) is 8.50. The Morgan fingerprint density at radius 1 is 0.523 bits per heavy atom. The minimum absolute atomic E-state index is 0. The zero-order valence-electron chi connectivity index (χ0n) is 28.7. The standard InChI is InChI=1S/C35H69O7P.Sn/c1-3-5-7-9-11-13-15-17-19-21-23-25-27-29-34(36)40-31-33(32-41-43(38)39)42-35(37)30-28-26-24-22-20-18-16-14-12-10-8-6-4-2;/h33,43H,3-32H2,1-2H3,(H,38,39);/t33-;/m1./s1. The number of hydrogen-bond donors (Lipinski definition) is 1. The second-order valence-corrected chi connectivity index (χ2v) is 13.2. The predicted octanol–water partition coefficient (Wildman–Crippen LogP) is 10.4. The summed E-state index contributed by atoms with van der Waals surface area (Å²) < 4.78 is 26.5. The van der Waals surface area contributed by atoms with E-state index in [9.17, 15) is 14.2 Å². The third-order valence-electron chi connectivity index (χ3n) is 8.09. The summed E-state index contributed by atoms with van der Waals surface area (Å²) >= 11 is 0. The molecular weight excluding hydrogens is 682 g/mol. The molecule has 0 aliphatic carbocycles. The van der Waals surface area contributed by atoms with Crippen molar-refractivity contribution in [1.82, 2.24) is 0 Å². The van der Waals surface area contributed by atoms with Crippen LogP contribution in [0.15, 0.2) is 0 Å². The average Bonchev–Trinajstić information content (AvgIpc) is 2.99. The zero-order valence-corrected chi connectivity index (χ0v) is 32.5. The largest absolute Gasteiger partial charge is 0.462 e. The molecule has 0 bridgehead atoms. The molecule has 260 valence electrons. The predicted molar refractivity (Wildman–Crippen MR) is 184 cm³/mol. The Balaban J connectivity index is 0. The Kier molecular flexibility index (Phi) is 39.1. The topological polar surface area (TPSA) is 99.1 Å². The first-order chi connectivity index (χ1) is 21.0. The van der Waals surface area contributed by atoms with Crippen molar-refractivity contribution in [2.75, 3.05) is 13.2 Å². The van der Waals surface area contributed by atoms with Crippen LogP contribution in [0.25, 0.3) is 0 Å². The molecule has 0 aliphatic heterocycles. The van der Waals surface area contributed by atoms with Gasteiger partial charge in [-0.15, -0.1) is 0 Å². The molecule has 0 aromatic carbocycles. The van der Waals surface area contributed by atoms with Gasteiger partial charge in [-0.05, 0) is 12.8 Å². The summed E-state index contributed by atoms with van der Waals surface area (Å²) in [6.45, 7) is 4.09. The van der Waals surface area contributed by atoms with Crippen molar-refractivity contribution in [3.05, 3.63) is 0 Å². The number of rotatable bonds is 34. The molecule has 44 heavy (non-hydrogen) atoms. The van der Waals surface area contributed by atoms with Crippen LogP contribution < -0.4 is 0 Å². The van der Waals surface area contributed by atoms with E-state index in [4.69, 9.17) is 18.9 Å². The summed E-state index contributed by atoms with van der Waals surface area (Å²) in [5, 5.41) is 0. The maximum Gasteiger partial charge on any atom is 0.316 e. The van der Waals surface area contributed by atoms with Crippen LogP contribution in [0.3, 0.4) is 0 Å². The van der Waals surface area contributed by atoms with E-state index in [0.717, 1.165) is 38.5 Å². The first-order valence-corrected chi connectivity index (χ1v) is 19.5. The van der Waals surface area contributed by atoms with Crippen LogP contribution in [0.1, 0.15) is 194 Å². The molecule has 0 aromatic heterocycles. The fraction of sp³-hybridized carbons (Fsp3) is 0.943.